The van der Waals surface area contributed by atoms with Crippen LogP contribution in [0.5, 0.6) is 0 Å². The number of carbonyl (C=O) groups is 2. The average molecular weight is 471 g/mol. The first-order valence-corrected chi connectivity index (χ1v) is 13.8. The summed E-state index contributed by atoms with van der Waals surface area (Å²) in [5.41, 5.74) is 0.257. The fraction of sp³-hybridized carbons (Fsp3) is 0.867. The van der Waals surface area contributed by atoms with Gasteiger partial charge >= 0.3 is 5.97 Å². The molecule has 0 aromatic carbocycles. The lowest BCUT2D eigenvalue weighted by Crippen LogP contribution is -2.67. The summed E-state index contributed by atoms with van der Waals surface area (Å²) in [7, 11) is 0. The Balaban J connectivity index is 1.57. The lowest BCUT2D eigenvalue weighted by Gasteiger charge is -2.72. The molecule has 0 radical (unpaired) electrons. The van der Waals surface area contributed by atoms with Crippen molar-refractivity contribution in [3.8, 4) is 0 Å². The van der Waals surface area contributed by atoms with Crippen molar-refractivity contribution in [1.82, 2.24) is 0 Å². The van der Waals surface area contributed by atoms with Gasteiger partial charge in [0.05, 0.1) is 17.4 Å². The molecule has 4 heteroatoms. The van der Waals surface area contributed by atoms with Crippen molar-refractivity contribution in [3.05, 3.63) is 12.2 Å². The second kappa shape index (κ2) is 7.43. The van der Waals surface area contributed by atoms with Crippen molar-refractivity contribution in [3.63, 3.8) is 0 Å². The van der Waals surface area contributed by atoms with Gasteiger partial charge in [0.25, 0.3) is 0 Å². The summed E-state index contributed by atoms with van der Waals surface area (Å²) in [5, 5.41) is 20.8. The minimum atomic E-state index is -0.617. The van der Waals surface area contributed by atoms with Gasteiger partial charge in [0, 0.05) is 6.42 Å². The van der Waals surface area contributed by atoms with Gasteiger partial charge in [-0.05, 0) is 111 Å². The molecule has 5 fully saturated rings. The van der Waals surface area contributed by atoms with Crippen LogP contribution in [0.1, 0.15) is 98.8 Å². The Kier molecular flexibility index (Phi) is 5.36. The summed E-state index contributed by atoms with van der Waals surface area (Å²) < 4.78 is 0. The summed E-state index contributed by atoms with van der Waals surface area (Å²) in [6.07, 6.45) is 9.35. The Hall–Kier alpha value is -1.16. The fourth-order valence-electron chi connectivity index (χ4n) is 11.3. The molecule has 34 heavy (non-hydrogen) atoms. The normalized spacial score (nSPS) is 54.4. The van der Waals surface area contributed by atoms with Gasteiger partial charge in [-0.2, -0.15) is 0 Å². The molecule has 190 valence electrons. The number of ketones is 1. The largest absolute Gasteiger partial charge is 0.481 e. The average Bonchev–Trinajstić information content (AvgIpc) is 3.18. The van der Waals surface area contributed by atoms with Crippen LogP contribution in [-0.4, -0.2) is 28.6 Å². The molecular weight excluding hydrogens is 424 g/mol. The summed E-state index contributed by atoms with van der Waals surface area (Å²) >= 11 is 0. The van der Waals surface area contributed by atoms with Crippen LogP contribution in [0.3, 0.4) is 0 Å². The minimum Gasteiger partial charge on any atom is -0.481 e. The first kappa shape index (κ1) is 24.5. The highest BCUT2D eigenvalue weighted by Crippen LogP contribution is 2.77. The summed E-state index contributed by atoms with van der Waals surface area (Å²) in [5.74, 6) is 1.35. The SMILES string of the molecule is C=C(C)[C@@H]1CC[C@]2(C(=O)O)CC[C@]3(C)C(CCC4[C@@]5(C)CCC(=O)[C@@](C)(CO)C5CC[C@]43C)C12. The van der Waals surface area contributed by atoms with E-state index in [2.05, 4.69) is 34.3 Å². The van der Waals surface area contributed by atoms with E-state index in [1.165, 1.54) is 5.57 Å². The Morgan fingerprint density at radius 2 is 1.65 bits per heavy atom. The van der Waals surface area contributed by atoms with Gasteiger partial charge in [-0.1, -0.05) is 39.8 Å². The number of carboxylic acids is 1. The van der Waals surface area contributed by atoms with E-state index in [1.54, 1.807) is 0 Å². The molecule has 0 bridgehead atoms. The van der Waals surface area contributed by atoms with Gasteiger partial charge in [0.2, 0.25) is 0 Å². The molecule has 0 heterocycles. The molecule has 5 aliphatic carbocycles. The van der Waals surface area contributed by atoms with Crippen molar-refractivity contribution < 1.29 is 19.8 Å². The van der Waals surface area contributed by atoms with Crippen LogP contribution in [0.15, 0.2) is 12.2 Å². The highest BCUT2D eigenvalue weighted by atomic mass is 16.4. The van der Waals surface area contributed by atoms with E-state index in [1.807, 2.05) is 6.92 Å². The van der Waals surface area contributed by atoms with Crippen molar-refractivity contribution >= 4 is 11.8 Å². The maximum Gasteiger partial charge on any atom is 0.309 e. The third-order valence-corrected chi connectivity index (χ3v) is 13.4. The highest BCUT2D eigenvalue weighted by Gasteiger charge is 2.72. The quantitative estimate of drug-likeness (QED) is 0.477. The number of aliphatic carboxylic acids is 1. The van der Waals surface area contributed by atoms with Crippen LogP contribution in [0, 0.1) is 56.7 Å². The number of carbonyl (C=O) groups excluding carboxylic acids is 1. The van der Waals surface area contributed by atoms with E-state index in [4.69, 9.17) is 0 Å². The lowest BCUT2D eigenvalue weighted by molar-refractivity contribution is -0.238. The van der Waals surface area contributed by atoms with Crippen LogP contribution in [0.4, 0.5) is 0 Å². The molecule has 0 spiro atoms. The predicted molar refractivity (Wildman–Crippen MR) is 133 cm³/mol. The first-order valence-electron chi connectivity index (χ1n) is 13.8. The van der Waals surface area contributed by atoms with Crippen LogP contribution in [0.25, 0.3) is 0 Å². The van der Waals surface area contributed by atoms with Crippen molar-refractivity contribution in [2.24, 2.45) is 56.7 Å². The smallest absolute Gasteiger partial charge is 0.309 e. The molecule has 0 aromatic rings. The second-order valence-electron chi connectivity index (χ2n) is 14.1. The number of rotatable bonds is 3. The van der Waals surface area contributed by atoms with Gasteiger partial charge < -0.3 is 10.2 Å². The van der Waals surface area contributed by atoms with Gasteiger partial charge in [-0.25, -0.2) is 0 Å². The minimum absolute atomic E-state index is 0.0427. The van der Waals surface area contributed by atoms with E-state index < -0.39 is 16.8 Å². The zero-order valence-corrected chi connectivity index (χ0v) is 22.1. The van der Waals surface area contributed by atoms with Gasteiger partial charge in [0.1, 0.15) is 5.78 Å². The van der Waals surface area contributed by atoms with Crippen molar-refractivity contribution in [2.75, 3.05) is 6.61 Å². The Bertz CT molecular complexity index is 925. The first-order chi connectivity index (χ1) is 15.8. The molecule has 0 aromatic heterocycles. The fourth-order valence-corrected chi connectivity index (χ4v) is 11.3. The van der Waals surface area contributed by atoms with E-state index in [-0.39, 0.29) is 40.5 Å². The van der Waals surface area contributed by atoms with Crippen molar-refractivity contribution in [2.45, 2.75) is 98.8 Å². The number of aliphatic hydroxyl groups excluding tert-OH is 1. The van der Waals surface area contributed by atoms with Gasteiger partial charge in [-0.3, -0.25) is 9.59 Å². The highest BCUT2D eigenvalue weighted by molar-refractivity contribution is 5.86. The summed E-state index contributed by atoms with van der Waals surface area (Å²) in [4.78, 5) is 25.7. The molecule has 5 saturated carbocycles. The molecule has 4 unspecified atom stereocenters. The number of carboxylic acid groups (broad SMARTS) is 1. The van der Waals surface area contributed by atoms with Crippen LogP contribution >= 0.6 is 0 Å². The maximum atomic E-state index is 13.0. The number of Topliss-reactive ketones (excluding diaryl/α,β-unsaturated/α-hetero) is 1. The van der Waals surface area contributed by atoms with Gasteiger partial charge in [-0.15, -0.1) is 0 Å². The molecule has 4 nitrogen and oxygen atoms in total. The van der Waals surface area contributed by atoms with E-state index in [0.29, 0.717) is 24.2 Å². The summed E-state index contributed by atoms with van der Waals surface area (Å²) in [6.45, 7) is 15.9. The van der Waals surface area contributed by atoms with E-state index in [9.17, 15) is 19.8 Å². The maximum absolute atomic E-state index is 13.0. The molecule has 0 amide bonds. The Morgan fingerprint density at radius 3 is 2.26 bits per heavy atom. The molecule has 0 saturated heterocycles. The number of hydrogen-bond acceptors (Lipinski definition) is 3. The van der Waals surface area contributed by atoms with Crippen molar-refractivity contribution in [1.29, 1.82) is 0 Å². The molecular formula is C30H46O4. The third kappa shape index (κ3) is 2.70. The number of allylic oxidation sites excluding steroid dienone is 1. The van der Waals surface area contributed by atoms with Crippen LogP contribution in [-0.2, 0) is 9.59 Å². The Morgan fingerprint density at radius 1 is 0.941 bits per heavy atom. The second-order valence-corrected chi connectivity index (χ2v) is 14.1. The number of hydrogen-bond donors (Lipinski definition) is 2. The van der Waals surface area contributed by atoms with E-state index in [0.717, 1.165) is 57.8 Å². The van der Waals surface area contributed by atoms with E-state index >= 15 is 0 Å². The standard InChI is InChI=1S/C30H46O4/c1-18(2)19-9-14-30(25(33)34)16-15-28(5)20(24(19)30)7-8-22-26(3)12-11-23(32)27(4,17-31)21(26)10-13-29(22,28)6/h19-22,24,31H,1,7-17H2,2-6H3,(H,33,34)/t19-,20?,21?,22?,24?,26-,27-,28+,29+,30-/m0/s1. The molecule has 0 aliphatic heterocycles. The topological polar surface area (TPSA) is 74.6 Å². The van der Waals surface area contributed by atoms with Gasteiger partial charge in [0.15, 0.2) is 0 Å². The molecule has 2 N–H and O–H groups in total. The number of fused-ring (bicyclic) bond motifs is 7. The zero-order chi connectivity index (χ0) is 24.9. The monoisotopic (exact) mass is 470 g/mol. The number of aliphatic hydroxyl groups is 1. The molecule has 10 atom stereocenters. The Labute approximate surface area is 206 Å². The molecule has 5 rings (SSSR count). The van der Waals surface area contributed by atoms with Crippen LogP contribution in [0.2, 0.25) is 0 Å². The predicted octanol–water partition coefficient (Wildman–Crippen LogP) is 6.27. The van der Waals surface area contributed by atoms with Crippen LogP contribution < -0.4 is 0 Å². The molecule has 5 aliphatic rings. The zero-order valence-electron chi connectivity index (χ0n) is 22.1. The third-order valence-electron chi connectivity index (χ3n) is 13.4. The summed E-state index contributed by atoms with van der Waals surface area (Å²) in [6, 6.07) is 0. The lowest BCUT2D eigenvalue weighted by atomic mass is 9.32.